The molecule has 2 bridgehead atoms. The molecule has 0 aromatic heterocycles. The minimum absolute atomic E-state index is 0.00769. The van der Waals surface area contributed by atoms with E-state index < -0.39 is 28.5 Å². The Bertz CT molecular complexity index is 1180. The van der Waals surface area contributed by atoms with Gasteiger partial charge in [-0.05, 0) is 66.2 Å². The van der Waals surface area contributed by atoms with Crippen LogP contribution in [0.15, 0.2) is 24.3 Å². The van der Waals surface area contributed by atoms with Crippen LogP contribution in [0.5, 0.6) is 11.5 Å². The lowest BCUT2D eigenvalue weighted by molar-refractivity contribution is -0.137. The van der Waals surface area contributed by atoms with Crippen LogP contribution in [0.3, 0.4) is 0 Å². The van der Waals surface area contributed by atoms with Crippen molar-refractivity contribution in [2.45, 2.75) is 58.7 Å². The number of ether oxygens (including phenoxy) is 1. The molecule has 3 atom stereocenters. The number of phenolic OH excluding ortho intramolecular Hbond substituents is 1. The van der Waals surface area contributed by atoms with Crippen LogP contribution in [-0.4, -0.2) is 23.3 Å². The van der Waals surface area contributed by atoms with E-state index in [1.165, 1.54) is 13.2 Å². The molecule has 3 N–H and O–H groups in total. The highest BCUT2D eigenvalue weighted by molar-refractivity contribution is 6.32. The summed E-state index contributed by atoms with van der Waals surface area (Å²) in [4.78, 5) is 12.0. The summed E-state index contributed by atoms with van der Waals surface area (Å²) in [6.07, 6.45) is -1.68. The van der Waals surface area contributed by atoms with E-state index in [2.05, 4.69) is 26.1 Å². The van der Waals surface area contributed by atoms with E-state index in [9.17, 15) is 28.2 Å². The molecular formula is C26H29ClF3NO4. The number of alkyl halides is 3. The number of halogens is 4. The maximum absolute atomic E-state index is 13.3. The summed E-state index contributed by atoms with van der Waals surface area (Å²) in [7, 11) is 1.42. The minimum atomic E-state index is -4.62. The molecule has 0 amide bonds. The number of hydrogen-bond donors (Lipinski definition) is 3. The van der Waals surface area contributed by atoms with Crippen molar-refractivity contribution in [3.05, 3.63) is 51.5 Å². The fraction of sp³-hybridized carbons (Fsp3) is 0.500. The van der Waals surface area contributed by atoms with Gasteiger partial charge in [0.05, 0.1) is 17.7 Å². The van der Waals surface area contributed by atoms with Crippen molar-refractivity contribution in [1.29, 1.82) is 0 Å². The summed E-state index contributed by atoms with van der Waals surface area (Å²) >= 11 is 5.87. The molecule has 0 aliphatic heterocycles. The summed E-state index contributed by atoms with van der Waals surface area (Å²) in [6.45, 7) is 6.57. The highest BCUT2D eigenvalue weighted by Crippen LogP contribution is 2.72. The monoisotopic (exact) mass is 511 g/mol. The predicted octanol–water partition coefficient (Wildman–Crippen LogP) is 7.31. The van der Waals surface area contributed by atoms with Gasteiger partial charge in [0, 0.05) is 23.4 Å². The Balaban J connectivity index is 1.79. The molecule has 4 rings (SSSR count). The second-order valence-electron chi connectivity index (χ2n) is 10.4. The van der Waals surface area contributed by atoms with Gasteiger partial charge >= 0.3 is 12.1 Å². The van der Waals surface area contributed by atoms with Crippen molar-refractivity contribution in [2.75, 3.05) is 12.4 Å². The number of aromatic carboxylic acids is 1. The van der Waals surface area contributed by atoms with Gasteiger partial charge in [0.2, 0.25) is 0 Å². The van der Waals surface area contributed by atoms with E-state index in [1.807, 2.05) is 0 Å². The third-order valence-corrected chi connectivity index (χ3v) is 9.00. The molecule has 0 radical (unpaired) electrons. The summed E-state index contributed by atoms with van der Waals surface area (Å²) in [6, 6.07) is 4.59. The molecule has 2 saturated carbocycles. The van der Waals surface area contributed by atoms with Crippen LogP contribution >= 0.6 is 11.6 Å². The second kappa shape index (κ2) is 8.50. The predicted molar refractivity (Wildman–Crippen MR) is 127 cm³/mol. The molecule has 35 heavy (non-hydrogen) atoms. The van der Waals surface area contributed by atoms with Gasteiger partial charge in [0.25, 0.3) is 0 Å². The number of aromatic hydroxyl groups is 1. The van der Waals surface area contributed by atoms with Crippen LogP contribution in [0.2, 0.25) is 5.02 Å². The highest BCUT2D eigenvalue weighted by Gasteiger charge is 2.62. The quantitative estimate of drug-likeness (QED) is 0.379. The maximum Gasteiger partial charge on any atom is 0.416 e. The van der Waals surface area contributed by atoms with Crippen molar-refractivity contribution in [3.63, 3.8) is 0 Å². The van der Waals surface area contributed by atoms with E-state index in [1.54, 1.807) is 6.07 Å². The summed E-state index contributed by atoms with van der Waals surface area (Å²) in [5, 5.41) is 22.8. The molecule has 2 aromatic rings. The number of methoxy groups -OCH3 is 1. The Morgan fingerprint density at radius 2 is 1.94 bits per heavy atom. The first-order valence-corrected chi connectivity index (χ1v) is 11.9. The molecule has 2 aliphatic carbocycles. The van der Waals surface area contributed by atoms with Gasteiger partial charge in [-0.2, -0.15) is 13.2 Å². The molecule has 2 aromatic carbocycles. The molecule has 2 fully saturated rings. The van der Waals surface area contributed by atoms with Crippen LogP contribution in [0, 0.1) is 16.7 Å². The van der Waals surface area contributed by atoms with Crippen molar-refractivity contribution in [3.8, 4) is 11.5 Å². The largest absolute Gasteiger partial charge is 0.506 e. The molecule has 0 spiro atoms. The lowest BCUT2D eigenvalue weighted by Crippen LogP contribution is -2.32. The summed E-state index contributed by atoms with van der Waals surface area (Å²) in [5.41, 5.74) is 0.251. The van der Waals surface area contributed by atoms with E-state index in [0.717, 1.165) is 25.3 Å². The maximum atomic E-state index is 13.3. The SMILES string of the molecule is COc1c(C(=O)O)ccc(NCc2cc(C(F)(F)F)cc(Cl)c2O)c1C1CC2CCC1(C)C2(C)C. The van der Waals surface area contributed by atoms with Gasteiger partial charge in [-0.3, -0.25) is 0 Å². The van der Waals surface area contributed by atoms with E-state index in [0.29, 0.717) is 23.2 Å². The first kappa shape index (κ1) is 25.5. The van der Waals surface area contributed by atoms with Gasteiger partial charge in [-0.1, -0.05) is 32.4 Å². The van der Waals surface area contributed by atoms with Crippen molar-refractivity contribution < 1.29 is 32.9 Å². The van der Waals surface area contributed by atoms with E-state index in [-0.39, 0.29) is 40.2 Å². The molecule has 190 valence electrons. The first-order chi connectivity index (χ1) is 16.2. The number of phenols is 1. The second-order valence-corrected chi connectivity index (χ2v) is 10.8. The Hall–Kier alpha value is -2.61. The Kier molecular flexibility index (Phi) is 6.19. The van der Waals surface area contributed by atoms with Gasteiger partial charge in [-0.25, -0.2) is 4.79 Å². The number of nitrogens with one attached hydrogen (secondary N) is 1. The summed E-state index contributed by atoms with van der Waals surface area (Å²) < 4.78 is 45.5. The van der Waals surface area contributed by atoms with Gasteiger partial charge in [-0.15, -0.1) is 0 Å². The number of carbonyl (C=O) groups is 1. The van der Waals surface area contributed by atoms with Crippen molar-refractivity contribution >= 4 is 23.3 Å². The van der Waals surface area contributed by atoms with Gasteiger partial charge in [0.15, 0.2) is 0 Å². The standard InChI is InChI=1S/C26H29ClF3NO4/c1-24(2)14-7-8-25(24,3)17(10-14)20-19(6-5-16(23(33)34)22(20)35-4)31-12-13-9-15(26(28,29)30)11-18(27)21(13)32/h5-6,9,11,14,17,31-32H,7-8,10,12H2,1-4H3,(H,33,34). The molecule has 2 aliphatic rings. The van der Waals surface area contributed by atoms with Crippen LogP contribution in [0.1, 0.15) is 73.0 Å². The van der Waals surface area contributed by atoms with Crippen LogP contribution in [0.4, 0.5) is 18.9 Å². The Morgan fingerprint density at radius 1 is 1.26 bits per heavy atom. The Labute approximate surface area is 207 Å². The Morgan fingerprint density at radius 3 is 2.46 bits per heavy atom. The fourth-order valence-corrected chi connectivity index (χ4v) is 6.51. The molecule has 3 unspecified atom stereocenters. The number of hydrogen-bond acceptors (Lipinski definition) is 4. The minimum Gasteiger partial charge on any atom is -0.506 e. The third-order valence-electron chi connectivity index (χ3n) is 8.71. The van der Waals surface area contributed by atoms with Crippen LogP contribution < -0.4 is 10.1 Å². The van der Waals surface area contributed by atoms with E-state index >= 15 is 0 Å². The smallest absolute Gasteiger partial charge is 0.416 e. The van der Waals surface area contributed by atoms with Crippen molar-refractivity contribution in [1.82, 2.24) is 0 Å². The van der Waals surface area contributed by atoms with Crippen LogP contribution in [0.25, 0.3) is 0 Å². The average molecular weight is 512 g/mol. The molecule has 0 heterocycles. The molecule has 5 nitrogen and oxygen atoms in total. The van der Waals surface area contributed by atoms with Gasteiger partial charge < -0.3 is 20.3 Å². The number of anilines is 1. The first-order valence-electron chi connectivity index (χ1n) is 11.5. The number of benzene rings is 2. The number of carboxylic acids is 1. The van der Waals surface area contributed by atoms with E-state index in [4.69, 9.17) is 16.3 Å². The number of fused-ring (bicyclic) bond motifs is 2. The number of rotatable bonds is 6. The zero-order chi connectivity index (χ0) is 25.9. The zero-order valence-electron chi connectivity index (χ0n) is 20.0. The van der Waals surface area contributed by atoms with Crippen LogP contribution in [-0.2, 0) is 12.7 Å². The molecule has 9 heteroatoms. The lowest BCUT2D eigenvalue weighted by atomic mass is 9.64. The van der Waals surface area contributed by atoms with Crippen molar-refractivity contribution in [2.24, 2.45) is 16.7 Å². The average Bonchev–Trinajstić information content (AvgIpc) is 3.11. The van der Waals surface area contributed by atoms with Gasteiger partial charge in [0.1, 0.15) is 17.1 Å². The normalized spacial score (nSPS) is 25.0. The number of carboxylic acid groups (broad SMARTS) is 1. The fourth-order valence-electron chi connectivity index (χ4n) is 6.27. The summed E-state index contributed by atoms with van der Waals surface area (Å²) in [5.74, 6) is -0.842. The third kappa shape index (κ3) is 3.99. The zero-order valence-corrected chi connectivity index (χ0v) is 20.8. The molecule has 0 saturated heterocycles. The highest BCUT2D eigenvalue weighted by atomic mass is 35.5. The topological polar surface area (TPSA) is 78.8 Å². The molecular weight excluding hydrogens is 483 g/mol. The lowest BCUT2D eigenvalue weighted by Gasteiger charge is -2.40.